The van der Waals surface area contributed by atoms with Crippen LogP contribution in [-0.2, 0) is 14.4 Å². The number of nitrogens with zero attached hydrogens (tertiary/aromatic N) is 4. The predicted molar refractivity (Wildman–Crippen MR) is 157 cm³/mol. The van der Waals surface area contributed by atoms with Crippen molar-refractivity contribution in [2.45, 2.75) is 19.8 Å². The van der Waals surface area contributed by atoms with Gasteiger partial charge in [0, 0.05) is 45.0 Å². The minimum Gasteiger partial charge on any atom is -0.490 e. The van der Waals surface area contributed by atoms with E-state index in [4.69, 9.17) is 9.47 Å². The lowest BCUT2D eigenvalue weighted by molar-refractivity contribution is -0.136. The van der Waals surface area contributed by atoms with Gasteiger partial charge in [0.1, 0.15) is 6.54 Å². The third-order valence-corrected chi connectivity index (χ3v) is 8.20. The highest BCUT2D eigenvalue weighted by Crippen LogP contribution is 2.35. The highest BCUT2D eigenvalue weighted by atomic mass is 32.2. The van der Waals surface area contributed by atoms with Gasteiger partial charge in [-0.1, -0.05) is 24.3 Å². The molecule has 0 spiro atoms. The predicted octanol–water partition coefficient (Wildman–Crippen LogP) is 3.47. The number of hydrogen-bond donors (Lipinski definition) is 0. The molecule has 0 bridgehead atoms. The third kappa shape index (κ3) is 6.84. The molecule has 3 heterocycles. The molecule has 0 aromatic heterocycles. The summed E-state index contributed by atoms with van der Waals surface area (Å²) in [4.78, 5) is 58.1. The molecule has 41 heavy (non-hydrogen) atoms. The Morgan fingerprint density at radius 2 is 1.56 bits per heavy atom. The Balaban J connectivity index is 1.19. The Hall–Kier alpha value is -3.99. The Bertz CT molecular complexity index is 1320. The van der Waals surface area contributed by atoms with Crippen LogP contribution >= 0.6 is 11.8 Å². The summed E-state index contributed by atoms with van der Waals surface area (Å²) in [5.41, 5.74) is 1.75. The lowest BCUT2D eigenvalue weighted by Gasteiger charge is -2.36. The molecule has 2 aromatic carbocycles. The van der Waals surface area contributed by atoms with E-state index in [9.17, 15) is 19.2 Å². The number of piperazine rings is 1. The van der Waals surface area contributed by atoms with Crippen molar-refractivity contribution in [2.24, 2.45) is 0 Å². The van der Waals surface area contributed by atoms with Gasteiger partial charge in [0.25, 0.3) is 17.1 Å². The quantitative estimate of drug-likeness (QED) is 0.417. The van der Waals surface area contributed by atoms with Crippen molar-refractivity contribution in [2.75, 3.05) is 63.9 Å². The van der Waals surface area contributed by atoms with Gasteiger partial charge in [-0.25, -0.2) is 0 Å². The van der Waals surface area contributed by atoms with Crippen molar-refractivity contribution in [1.82, 2.24) is 14.7 Å². The van der Waals surface area contributed by atoms with Crippen molar-refractivity contribution < 1.29 is 28.7 Å². The molecule has 0 saturated carbocycles. The maximum atomic E-state index is 13.1. The van der Waals surface area contributed by atoms with Gasteiger partial charge in [0.05, 0.1) is 11.5 Å². The highest BCUT2D eigenvalue weighted by Gasteiger charge is 2.37. The summed E-state index contributed by atoms with van der Waals surface area (Å²) in [6.07, 6.45) is 3.63. The van der Waals surface area contributed by atoms with Crippen LogP contribution in [0.2, 0.25) is 0 Å². The van der Waals surface area contributed by atoms with Crippen LogP contribution in [0.3, 0.4) is 0 Å². The molecule has 0 radical (unpaired) electrons. The smallest absolute Gasteiger partial charge is 0.294 e. The van der Waals surface area contributed by atoms with Crippen molar-refractivity contribution in [1.29, 1.82) is 0 Å². The van der Waals surface area contributed by atoms with Gasteiger partial charge in [0.2, 0.25) is 5.91 Å². The van der Waals surface area contributed by atoms with Gasteiger partial charge in [-0.3, -0.25) is 24.1 Å². The number of rotatable bonds is 9. The normalized spacial score (nSPS) is 18.4. The first-order valence-corrected chi connectivity index (χ1v) is 14.7. The lowest BCUT2D eigenvalue weighted by atomic mass is 10.2. The monoisotopic (exact) mass is 578 g/mol. The molecule has 216 valence electrons. The molecule has 3 aliphatic heterocycles. The summed E-state index contributed by atoms with van der Waals surface area (Å²) in [5.74, 6) is 0.0769. The van der Waals surface area contributed by atoms with Gasteiger partial charge in [-0.15, -0.1) is 0 Å². The number of hydrogen-bond acceptors (Lipinski definition) is 8. The number of thioether (sulfide) groups is 1. The molecule has 10 nitrogen and oxygen atoms in total. The Morgan fingerprint density at radius 1 is 0.854 bits per heavy atom. The molecule has 0 unspecified atom stereocenters. The van der Waals surface area contributed by atoms with Crippen molar-refractivity contribution in [3.63, 3.8) is 0 Å². The molecule has 0 aliphatic carbocycles. The van der Waals surface area contributed by atoms with E-state index in [-0.39, 0.29) is 29.9 Å². The molecule has 0 N–H and O–H groups in total. The van der Waals surface area contributed by atoms with E-state index in [0.29, 0.717) is 49.8 Å². The first kappa shape index (κ1) is 28.5. The third-order valence-electron chi connectivity index (χ3n) is 7.30. The van der Waals surface area contributed by atoms with Crippen molar-refractivity contribution in [3.8, 4) is 11.5 Å². The zero-order valence-electron chi connectivity index (χ0n) is 23.1. The SMILES string of the molecule is CCOc1cc(/C=C2\SC(=O)N(CC(=O)N3CCN(c4ccccc4)CC3)C2=O)ccc1OCC(=O)N1CCCC1. The van der Waals surface area contributed by atoms with E-state index < -0.39 is 11.1 Å². The van der Waals surface area contributed by atoms with Gasteiger partial charge in [-0.05, 0) is 67.4 Å². The number of amides is 4. The van der Waals surface area contributed by atoms with Crippen LogP contribution in [0.25, 0.3) is 6.08 Å². The van der Waals surface area contributed by atoms with Crippen LogP contribution in [0.5, 0.6) is 11.5 Å². The molecule has 2 aromatic rings. The number of anilines is 1. The van der Waals surface area contributed by atoms with Crippen LogP contribution in [0.4, 0.5) is 10.5 Å². The number of para-hydroxylation sites is 1. The molecule has 3 aliphatic rings. The second-order valence-electron chi connectivity index (χ2n) is 9.99. The van der Waals surface area contributed by atoms with Crippen LogP contribution in [0, 0.1) is 0 Å². The van der Waals surface area contributed by atoms with Crippen LogP contribution in [0.15, 0.2) is 53.4 Å². The van der Waals surface area contributed by atoms with Gasteiger partial charge < -0.3 is 24.2 Å². The Morgan fingerprint density at radius 3 is 2.27 bits per heavy atom. The van der Waals surface area contributed by atoms with E-state index in [1.54, 1.807) is 34.1 Å². The van der Waals surface area contributed by atoms with E-state index >= 15 is 0 Å². The number of likely N-dealkylation sites (tertiary alicyclic amines) is 1. The topological polar surface area (TPSA) is 99.7 Å². The average molecular weight is 579 g/mol. The number of benzene rings is 2. The molecular formula is C30H34N4O6S. The van der Waals surface area contributed by atoms with E-state index in [1.807, 2.05) is 37.3 Å². The van der Waals surface area contributed by atoms with E-state index in [1.165, 1.54) is 0 Å². The van der Waals surface area contributed by atoms with Crippen molar-refractivity contribution >= 4 is 46.5 Å². The zero-order valence-corrected chi connectivity index (χ0v) is 23.9. The summed E-state index contributed by atoms with van der Waals surface area (Å²) in [5, 5.41) is -0.470. The second-order valence-corrected chi connectivity index (χ2v) is 11.0. The molecular weight excluding hydrogens is 544 g/mol. The molecule has 3 saturated heterocycles. The standard InChI is InChI=1S/C30H34N4O6S/c1-2-39-25-18-22(10-11-24(25)40-21-28(36)32-12-6-7-13-32)19-26-29(37)34(30(38)41-26)20-27(35)33-16-14-31(15-17-33)23-8-4-3-5-9-23/h3-5,8-11,18-19H,2,6-7,12-17,20-21H2,1H3/b26-19-. The van der Waals surface area contributed by atoms with Gasteiger partial charge in [0.15, 0.2) is 18.1 Å². The number of carbonyl (C=O) groups is 4. The Kier molecular flexibility index (Phi) is 9.13. The maximum absolute atomic E-state index is 13.1. The van der Waals surface area contributed by atoms with Crippen LogP contribution in [-0.4, -0.2) is 96.7 Å². The van der Waals surface area contributed by atoms with E-state index in [2.05, 4.69) is 4.90 Å². The number of carbonyl (C=O) groups excluding carboxylic acids is 4. The summed E-state index contributed by atoms with van der Waals surface area (Å²) >= 11 is 0.812. The van der Waals surface area contributed by atoms with E-state index in [0.717, 1.165) is 48.3 Å². The summed E-state index contributed by atoms with van der Waals surface area (Å²) < 4.78 is 11.5. The highest BCUT2D eigenvalue weighted by molar-refractivity contribution is 8.18. The Labute approximate surface area is 243 Å². The van der Waals surface area contributed by atoms with Crippen molar-refractivity contribution in [3.05, 3.63) is 59.0 Å². The van der Waals surface area contributed by atoms with Gasteiger partial charge in [-0.2, -0.15) is 0 Å². The van der Waals surface area contributed by atoms with Crippen LogP contribution in [0.1, 0.15) is 25.3 Å². The molecule has 3 fully saturated rings. The molecule has 11 heteroatoms. The largest absolute Gasteiger partial charge is 0.490 e. The minimum absolute atomic E-state index is 0.0599. The fourth-order valence-corrected chi connectivity index (χ4v) is 5.91. The number of ether oxygens (including phenoxy) is 2. The molecule has 0 atom stereocenters. The fraction of sp³-hybridized carbons (Fsp3) is 0.400. The molecule has 4 amide bonds. The van der Waals surface area contributed by atoms with Gasteiger partial charge >= 0.3 is 0 Å². The van der Waals surface area contributed by atoms with Crippen LogP contribution < -0.4 is 14.4 Å². The first-order valence-electron chi connectivity index (χ1n) is 13.9. The fourth-order valence-electron chi connectivity index (χ4n) is 5.08. The second kappa shape index (κ2) is 13.1. The summed E-state index contributed by atoms with van der Waals surface area (Å²) in [7, 11) is 0. The molecule has 5 rings (SSSR count). The zero-order chi connectivity index (χ0) is 28.8. The maximum Gasteiger partial charge on any atom is 0.294 e. The summed E-state index contributed by atoms with van der Waals surface area (Å²) in [6, 6.07) is 15.2. The minimum atomic E-state index is -0.495. The summed E-state index contributed by atoms with van der Waals surface area (Å²) in [6.45, 7) is 5.81. The average Bonchev–Trinajstić information content (AvgIpc) is 3.62. The lowest BCUT2D eigenvalue weighted by Crippen LogP contribution is -2.51. The first-order chi connectivity index (χ1) is 19.9. The number of imide groups is 1.